The Balaban J connectivity index is 3.26. The van der Waals surface area contributed by atoms with Crippen LogP contribution in [0.15, 0.2) is 0 Å². The van der Waals surface area contributed by atoms with Crippen molar-refractivity contribution in [2.75, 3.05) is 19.9 Å². The highest BCUT2D eigenvalue weighted by molar-refractivity contribution is 7.51. The Bertz CT molecular complexity index is 95.5. The third-order valence-electron chi connectivity index (χ3n) is 0.422. The van der Waals surface area contributed by atoms with E-state index in [4.69, 9.17) is 10.00 Å². The summed E-state index contributed by atoms with van der Waals surface area (Å²) in [6.07, 6.45) is 0. The van der Waals surface area contributed by atoms with Crippen LogP contribution in [0.25, 0.3) is 0 Å². The molecule has 0 aromatic carbocycles. The monoisotopic (exact) mass is 140 g/mol. The number of rotatable bonds is 3. The zero-order chi connectivity index (χ0) is 6.62. The third kappa shape index (κ3) is 6.11. The Morgan fingerprint density at radius 1 is 1.75 bits per heavy atom. The molecule has 0 aliphatic rings. The van der Waals surface area contributed by atoms with Crippen LogP contribution in [0.5, 0.6) is 0 Å². The van der Waals surface area contributed by atoms with E-state index < -0.39 is 7.60 Å². The maximum Gasteiger partial charge on any atom is 0.325 e. The molecule has 4 nitrogen and oxygen atoms in total. The molecule has 0 spiro atoms. The van der Waals surface area contributed by atoms with Crippen molar-refractivity contribution in [3.63, 3.8) is 0 Å². The highest BCUT2D eigenvalue weighted by atomic mass is 31.2. The molecular weight excluding hydrogens is 131 g/mol. The van der Waals surface area contributed by atoms with Gasteiger partial charge in [0.05, 0.1) is 13.2 Å². The van der Waals surface area contributed by atoms with E-state index in [1.165, 1.54) is 0 Å². The van der Waals surface area contributed by atoms with Gasteiger partial charge in [-0.3, -0.25) is 4.57 Å². The van der Waals surface area contributed by atoms with Gasteiger partial charge in [-0.15, -0.1) is 0 Å². The Morgan fingerprint density at radius 2 is 2.25 bits per heavy atom. The average Bonchev–Trinajstić information content (AvgIpc) is 1.59. The lowest BCUT2D eigenvalue weighted by Crippen LogP contribution is -1.95. The van der Waals surface area contributed by atoms with Gasteiger partial charge in [0.15, 0.2) is 0 Å². The molecular formula is C3H9O4P. The van der Waals surface area contributed by atoms with Crippen LogP contribution < -0.4 is 0 Å². The second-order valence-corrected chi connectivity index (χ2v) is 3.22. The van der Waals surface area contributed by atoms with Gasteiger partial charge in [-0.2, -0.15) is 0 Å². The lowest BCUT2D eigenvalue weighted by atomic mass is 10.8. The first-order valence-electron chi connectivity index (χ1n) is 2.12. The highest BCUT2D eigenvalue weighted by Crippen LogP contribution is 2.35. The maximum absolute atomic E-state index is 10.2. The van der Waals surface area contributed by atoms with Crippen molar-refractivity contribution >= 4 is 7.60 Å². The van der Waals surface area contributed by atoms with Crippen LogP contribution >= 0.6 is 7.60 Å². The minimum Gasteiger partial charge on any atom is -0.394 e. The lowest BCUT2D eigenvalue weighted by Gasteiger charge is -2.02. The predicted octanol–water partition coefficient (Wildman–Crippen LogP) is -0.190. The second kappa shape index (κ2) is 3.20. The topological polar surface area (TPSA) is 66.8 Å². The summed E-state index contributed by atoms with van der Waals surface area (Å²) in [5, 5.41) is 8.07. The molecule has 1 unspecified atom stereocenters. The summed E-state index contributed by atoms with van der Waals surface area (Å²) in [6, 6.07) is 0. The van der Waals surface area contributed by atoms with E-state index >= 15 is 0 Å². The largest absolute Gasteiger partial charge is 0.394 e. The van der Waals surface area contributed by atoms with Crippen LogP contribution in [0, 0.1) is 0 Å². The van der Waals surface area contributed by atoms with Crippen molar-refractivity contribution < 1.29 is 19.1 Å². The molecule has 0 saturated heterocycles. The first-order valence-corrected chi connectivity index (χ1v) is 4.14. The zero-order valence-electron chi connectivity index (χ0n) is 4.57. The van der Waals surface area contributed by atoms with Crippen LogP contribution in [0.1, 0.15) is 0 Å². The Hall–Kier alpha value is 0.110. The fourth-order valence-corrected chi connectivity index (χ4v) is 0.631. The van der Waals surface area contributed by atoms with E-state index in [-0.39, 0.29) is 13.2 Å². The van der Waals surface area contributed by atoms with Crippen LogP contribution in [0.4, 0.5) is 0 Å². The van der Waals surface area contributed by atoms with Crippen molar-refractivity contribution in [2.24, 2.45) is 0 Å². The summed E-state index contributed by atoms with van der Waals surface area (Å²) >= 11 is 0. The number of aliphatic hydroxyl groups is 1. The van der Waals surface area contributed by atoms with Crippen molar-refractivity contribution in [3.8, 4) is 0 Å². The van der Waals surface area contributed by atoms with Gasteiger partial charge < -0.3 is 14.5 Å². The molecule has 50 valence electrons. The van der Waals surface area contributed by atoms with E-state index in [1.807, 2.05) is 0 Å². The van der Waals surface area contributed by atoms with Crippen molar-refractivity contribution in [1.82, 2.24) is 0 Å². The molecule has 0 saturated carbocycles. The van der Waals surface area contributed by atoms with Gasteiger partial charge in [-0.25, -0.2) is 0 Å². The van der Waals surface area contributed by atoms with Crippen LogP contribution in [0.2, 0.25) is 0 Å². The summed E-state index contributed by atoms with van der Waals surface area (Å²) in [6.45, 7) is 0.769. The van der Waals surface area contributed by atoms with Gasteiger partial charge in [0, 0.05) is 6.66 Å². The Morgan fingerprint density at radius 3 is 2.38 bits per heavy atom. The van der Waals surface area contributed by atoms with Crippen molar-refractivity contribution in [1.29, 1.82) is 0 Å². The Kier molecular flexibility index (Phi) is 3.24. The molecule has 0 bridgehead atoms. The SMILES string of the molecule is CP(=O)(O)OCCO. The third-order valence-corrected chi connectivity index (χ3v) is 1.08. The summed E-state index contributed by atoms with van der Waals surface area (Å²) in [7, 11) is -3.34. The number of hydrogen-bond acceptors (Lipinski definition) is 3. The molecule has 0 fully saturated rings. The predicted molar refractivity (Wildman–Crippen MR) is 28.8 cm³/mol. The lowest BCUT2D eigenvalue weighted by molar-refractivity contribution is 0.185. The van der Waals surface area contributed by atoms with Crippen LogP contribution in [-0.2, 0) is 9.09 Å². The van der Waals surface area contributed by atoms with Gasteiger partial charge in [-0.1, -0.05) is 0 Å². The normalized spacial score (nSPS) is 17.9. The molecule has 0 aliphatic heterocycles. The summed E-state index contributed by atoms with van der Waals surface area (Å²) in [5.74, 6) is 0. The molecule has 0 aliphatic carbocycles. The fraction of sp³-hybridized carbons (Fsp3) is 1.00. The quantitative estimate of drug-likeness (QED) is 0.533. The number of aliphatic hydroxyl groups excluding tert-OH is 1. The van der Waals surface area contributed by atoms with Gasteiger partial charge in [0.2, 0.25) is 0 Å². The number of hydrogen-bond donors (Lipinski definition) is 2. The van der Waals surface area contributed by atoms with Crippen LogP contribution in [0.3, 0.4) is 0 Å². The van der Waals surface area contributed by atoms with Crippen molar-refractivity contribution in [2.45, 2.75) is 0 Å². The van der Waals surface area contributed by atoms with E-state index in [1.54, 1.807) is 0 Å². The first kappa shape index (κ1) is 8.11. The van der Waals surface area contributed by atoms with E-state index in [2.05, 4.69) is 4.52 Å². The molecule has 0 aromatic rings. The summed E-state index contributed by atoms with van der Waals surface area (Å²) < 4.78 is 14.4. The first-order chi connectivity index (χ1) is 3.56. The smallest absolute Gasteiger partial charge is 0.325 e. The van der Waals surface area contributed by atoms with Gasteiger partial charge in [0.1, 0.15) is 0 Å². The fourth-order valence-electron chi connectivity index (χ4n) is 0.210. The second-order valence-electron chi connectivity index (χ2n) is 1.36. The van der Waals surface area contributed by atoms with E-state index in [0.717, 1.165) is 6.66 Å². The van der Waals surface area contributed by atoms with Gasteiger partial charge in [-0.05, 0) is 0 Å². The molecule has 8 heavy (non-hydrogen) atoms. The average molecular weight is 140 g/mol. The zero-order valence-corrected chi connectivity index (χ0v) is 5.47. The van der Waals surface area contributed by atoms with Gasteiger partial charge in [0.25, 0.3) is 0 Å². The molecule has 1 atom stereocenters. The molecule has 0 amide bonds. The van der Waals surface area contributed by atoms with Gasteiger partial charge >= 0.3 is 7.60 Å². The highest BCUT2D eigenvalue weighted by Gasteiger charge is 2.07. The molecule has 5 heteroatoms. The molecule has 2 N–H and O–H groups in total. The summed E-state index contributed by atoms with van der Waals surface area (Å²) in [4.78, 5) is 8.37. The standard InChI is InChI=1S/C3H9O4P/c1-8(5,6)7-3-2-4/h4H,2-3H2,1H3,(H,5,6). The molecule has 0 radical (unpaired) electrons. The maximum atomic E-state index is 10.2. The molecule has 0 rings (SSSR count). The van der Waals surface area contributed by atoms with E-state index in [9.17, 15) is 4.57 Å². The molecule has 0 aromatic heterocycles. The minimum absolute atomic E-state index is 0.0791. The summed E-state index contributed by atoms with van der Waals surface area (Å²) in [5.41, 5.74) is 0. The van der Waals surface area contributed by atoms with Crippen LogP contribution in [-0.4, -0.2) is 29.9 Å². The van der Waals surface area contributed by atoms with E-state index in [0.29, 0.717) is 0 Å². The van der Waals surface area contributed by atoms with Crippen molar-refractivity contribution in [3.05, 3.63) is 0 Å². The Labute approximate surface area is 47.6 Å². The molecule has 0 heterocycles. The minimum atomic E-state index is -3.34.